The molecule has 0 N–H and O–H groups in total. The fourth-order valence-electron chi connectivity index (χ4n) is 1.33. The van der Waals surface area contributed by atoms with Crippen LogP contribution >= 0.6 is 0 Å². The summed E-state index contributed by atoms with van der Waals surface area (Å²) in [5, 5.41) is 0. The molecular weight excluding hydrogens is 145 g/mol. The molecule has 0 saturated carbocycles. The number of alkyl halides is 1. The van der Waals surface area contributed by atoms with Crippen molar-refractivity contribution in [3.05, 3.63) is 29.1 Å². The Bertz CT molecular complexity index is 305. The van der Waals surface area contributed by atoms with Gasteiger partial charge in [-0.2, -0.15) is 0 Å². The third kappa shape index (κ3) is 0.801. The van der Waals surface area contributed by atoms with E-state index in [4.69, 9.17) is 0 Å². The summed E-state index contributed by atoms with van der Waals surface area (Å²) < 4.78 is 25.7. The molecular formula is C8H7BF2. The molecule has 3 heteroatoms. The van der Waals surface area contributed by atoms with Crippen molar-refractivity contribution >= 4 is 12.7 Å². The van der Waals surface area contributed by atoms with Gasteiger partial charge in [0.25, 0.3) is 0 Å². The van der Waals surface area contributed by atoms with Crippen molar-refractivity contribution < 1.29 is 8.78 Å². The van der Waals surface area contributed by atoms with Gasteiger partial charge in [-0.15, -0.1) is 0 Å². The van der Waals surface area contributed by atoms with Crippen molar-refractivity contribution in [3.8, 4) is 0 Å². The molecule has 0 fully saturated rings. The summed E-state index contributed by atoms with van der Waals surface area (Å²) in [6, 6.07) is 3.33. The average molecular weight is 152 g/mol. The Balaban J connectivity index is 2.52. The zero-order valence-corrected chi connectivity index (χ0v) is 6.20. The minimum absolute atomic E-state index is 0.282. The average Bonchev–Trinajstić information content (AvgIpc) is 2.64. The molecule has 0 heterocycles. The van der Waals surface area contributed by atoms with Gasteiger partial charge in [0.1, 0.15) is 5.82 Å². The molecule has 56 valence electrons. The lowest BCUT2D eigenvalue weighted by Crippen LogP contribution is -2.14. The molecule has 0 aliphatic heterocycles. The summed E-state index contributed by atoms with van der Waals surface area (Å²) in [7, 11) is 0.631. The van der Waals surface area contributed by atoms with Gasteiger partial charge in [0, 0.05) is 5.56 Å². The first-order valence-corrected chi connectivity index (χ1v) is 3.71. The summed E-state index contributed by atoms with van der Waals surface area (Å²) >= 11 is 0. The topological polar surface area (TPSA) is 0 Å². The normalized spacial score (nSPS) is 19.4. The first-order chi connectivity index (χ1) is 5.25. The predicted molar refractivity (Wildman–Crippen MR) is 42.0 cm³/mol. The minimum Gasteiger partial charge on any atom is -0.237 e. The van der Waals surface area contributed by atoms with E-state index in [-0.39, 0.29) is 11.4 Å². The second-order valence-electron chi connectivity index (χ2n) is 2.76. The van der Waals surface area contributed by atoms with Crippen LogP contribution in [0.3, 0.4) is 0 Å². The molecule has 1 unspecified atom stereocenters. The smallest absolute Gasteiger partial charge is 0.158 e. The van der Waals surface area contributed by atoms with Crippen LogP contribution in [-0.4, -0.2) is 7.28 Å². The van der Waals surface area contributed by atoms with Crippen LogP contribution in [-0.2, 0) is 0 Å². The standard InChI is InChI=1S/C8H7BF2/c1-9-5-3-2-4-6(7(4)10)8(5)11/h2-3,7,9H,1H3. The second kappa shape index (κ2) is 2.06. The molecule has 1 aliphatic carbocycles. The van der Waals surface area contributed by atoms with E-state index in [0.717, 1.165) is 0 Å². The van der Waals surface area contributed by atoms with Gasteiger partial charge in [0.05, 0.1) is 0 Å². The molecule has 0 bridgehead atoms. The SMILES string of the molecule is CBc1ccc2c(c1F)C2F. The molecule has 0 radical (unpaired) electrons. The molecule has 0 saturated heterocycles. The molecule has 1 aliphatic rings. The van der Waals surface area contributed by atoms with Crippen LogP contribution in [0, 0.1) is 5.82 Å². The molecule has 0 nitrogen and oxygen atoms in total. The third-order valence-corrected chi connectivity index (χ3v) is 2.12. The van der Waals surface area contributed by atoms with E-state index < -0.39 is 6.17 Å². The highest BCUT2D eigenvalue weighted by molar-refractivity contribution is 6.52. The Hall–Kier alpha value is -0.855. The van der Waals surface area contributed by atoms with Gasteiger partial charge in [-0.25, -0.2) is 8.78 Å². The maximum absolute atomic E-state index is 13.1. The highest BCUT2D eigenvalue weighted by atomic mass is 19.1. The van der Waals surface area contributed by atoms with Crippen LogP contribution in [0.1, 0.15) is 17.3 Å². The lowest BCUT2D eigenvalue weighted by molar-refractivity contribution is 0.459. The number of fused-ring (bicyclic) bond motifs is 1. The van der Waals surface area contributed by atoms with E-state index in [1.807, 2.05) is 6.82 Å². The highest BCUT2D eigenvalue weighted by Crippen LogP contribution is 2.45. The van der Waals surface area contributed by atoms with Gasteiger partial charge in [0.2, 0.25) is 0 Å². The van der Waals surface area contributed by atoms with E-state index in [9.17, 15) is 8.78 Å². The van der Waals surface area contributed by atoms with Crippen LogP contribution in [0.25, 0.3) is 0 Å². The Morgan fingerprint density at radius 1 is 1.45 bits per heavy atom. The summed E-state index contributed by atoms with van der Waals surface area (Å²) in [5.41, 5.74) is 1.42. The van der Waals surface area contributed by atoms with Gasteiger partial charge in [-0.05, 0) is 11.0 Å². The van der Waals surface area contributed by atoms with Crippen LogP contribution < -0.4 is 5.46 Å². The maximum Gasteiger partial charge on any atom is 0.158 e. The van der Waals surface area contributed by atoms with Gasteiger partial charge in [-0.1, -0.05) is 19.0 Å². The zero-order chi connectivity index (χ0) is 8.01. The first kappa shape index (κ1) is 6.83. The highest BCUT2D eigenvalue weighted by Gasteiger charge is 2.37. The van der Waals surface area contributed by atoms with Gasteiger partial charge in [-0.3, -0.25) is 0 Å². The monoisotopic (exact) mass is 152 g/mol. The molecule has 2 rings (SSSR count). The third-order valence-electron chi connectivity index (χ3n) is 2.12. The Morgan fingerprint density at radius 3 is 2.82 bits per heavy atom. The first-order valence-electron chi connectivity index (χ1n) is 3.71. The Morgan fingerprint density at radius 2 is 2.18 bits per heavy atom. The Labute approximate surface area is 64.5 Å². The van der Waals surface area contributed by atoms with Gasteiger partial charge < -0.3 is 0 Å². The van der Waals surface area contributed by atoms with Crippen LogP contribution in [0.15, 0.2) is 12.1 Å². The van der Waals surface area contributed by atoms with Gasteiger partial charge in [0.15, 0.2) is 13.5 Å². The van der Waals surface area contributed by atoms with Crippen molar-refractivity contribution in [1.29, 1.82) is 0 Å². The lowest BCUT2D eigenvalue weighted by Gasteiger charge is -1.93. The lowest BCUT2D eigenvalue weighted by atomic mass is 9.73. The van der Waals surface area contributed by atoms with Crippen LogP contribution in [0.4, 0.5) is 8.78 Å². The van der Waals surface area contributed by atoms with E-state index in [1.165, 1.54) is 0 Å². The fraction of sp³-hybridized carbons (Fsp3) is 0.250. The molecule has 1 aromatic rings. The summed E-state index contributed by atoms with van der Waals surface area (Å²) in [6.45, 7) is 1.86. The Kier molecular flexibility index (Phi) is 1.28. The summed E-state index contributed by atoms with van der Waals surface area (Å²) in [6.07, 6.45) is -1.12. The zero-order valence-electron chi connectivity index (χ0n) is 6.20. The molecule has 0 spiro atoms. The number of hydrogen-bond donors (Lipinski definition) is 0. The van der Waals surface area contributed by atoms with Crippen molar-refractivity contribution in [3.63, 3.8) is 0 Å². The van der Waals surface area contributed by atoms with E-state index in [2.05, 4.69) is 0 Å². The second-order valence-corrected chi connectivity index (χ2v) is 2.76. The number of halogens is 2. The number of hydrogen-bond acceptors (Lipinski definition) is 0. The van der Waals surface area contributed by atoms with E-state index in [0.29, 0.717) is 18.3 Å². The fourth-order valence-corrected chi connectivity index (χ4v) is 1.33. The maximum atomic E-state index is 13.1. The minimum atomic E-state index is -1.12. The molecule has 11 heavy (non-hydrogen) atoms. The summed E-state index contributed by atoms with van der Waals surface area (Å²) in [4.78, 5) is 0. The van der Waals surface area contributed by atoms with E-state index in [1.54, 1.807) is 12.1 Å². The number of benzene rings is 1. The van der Waals surface area contributed by atoms with Crippen molar-refractivity contribution in [2.45, 2.75) is 13.0 Å². The quantitative estimate of drug-likeness (QED) is 0.532. The predicted octanol–water partition coefficient (Wildman–Crippen LogP) is 1.31. The van der Waals surface area contributed by atoms with Crippen LogP contribution in [0.5, 0.6) is 0 Å². The molecule has 1 atom stereocenters. The molecule has 0 amide bonds. The van der Waals surface area contributed by atoms with Crippen molar-refractivity contribution in [2.24, 2.45) is 0 Å². The van der Waals surface area contributed by atoms with Gasteiger partial charge >= 0.3 is 0 Å². The van der Waals surface area contributed by atoms with Crippen molar-refractivity contribution in [2.75, 3.05) is 0 Å². The molecule has 1 aromatic carbocycles. The molecule has 0 aromatic heterocycles. The van der Waals surface area contributed by atoms with E-state index >= 15 is 0 Å². The van der Waals surface area contributed by atoms with Crippen LogP contribution in [0.2, 0.25) is 6.82 Å². The number of rotatable bonds is 1. The largest absolute Gasteiger partial charge is 0.237 e. The van der Waals surface area contributed by atoms with Crippen molar-refractivity contribution in [1.82, 2.24) is 0 Å². The summed E-state index contributed by atoms with van der Waals surface area (Å²) in [5.74, 6) is -0.336.